The second-order valence-corrected chi connectivity index (χ2v) is 5.48. The van der Waals surface area contributed by atoms with Gasteiger partial charge >= 0.3 is 5.97 Å². The molecule has 0 saturated heterocycles. The smallest absolute Gasteiger partial charge is 0.347 e. The summed E-state index contributed by atoms with van der Waals surface area (Å²) in [6.45, 7) is 0. The Morgan fingerprint density at radius 2 is 1.91 bits per heavy atom. The normalized spacial score (nSPS) is 15.4. The van der Waals surface area contributed by atoms with Crippen molar-refractivity contribution >= 4 is 5.97 Å². The number of phenolic OH excluding ortho intramolecular Hbond substituents is 1. The van der Waals surface area contributed by atoms with Gasteiger partial charge in [-0.15, -0.1) is 0 Å². The average Bonchev–Trinajstić information content (AvgIpc) is 2.49. The van der Waals surface area contributed by atoms with E-state index in [0.29, 0.717) is 5.75 Å². The minimum Gasteiger partial charge on any atom is -0.507 e. The van der Waals surface area contributed by atoms with Crippen molar-refractivity contribution in [3.05, 3.63) is 59.7 Å². The Morgan fingerprint density at radius 3 is 2.50 bits per heavy atom. The van der Waals surface area contributed by atoms with Crippen LogP contribution in [0.15, 0.2) is 48.5 Å². The number of nitrogens with zero attached hydrogens (tertiary/aromatic N) is 1. The van der Waals surface area contributed by atoms with Gasteiger partial charge in [0.25, 0.3) is 0 Å². The molecule has 0 amide bonds. The highest BCUT2D eigenvalue weighted by atomic mass is 16.5. The first kappa shape index (κ1) is 14.2. The lowest BCUT2D eigenvalue weighted by molar-refractivity contribution is 0.0731. The zero-order valence-corrected chi connectivity index (χ0v) is 12.0. The number of aromatic hydroxyl groups is 1. The summed E-state index contributed by atoms with van der Waals surface area (Å²) in [7, 11) is 0. The van der Waals surface area contributed by atoms with E-state index in [-0.39, 0.29) is 11.3 Å². The van der Waals surface area contributed by atoms with Gasteiger partial charge in [-0.25, -0.2) is 4.79 Å². The van der Waals surface area contributed by atoms with Crippen molar-refractivity contribution in [1.82, 2.24) is 0 Å². The van der Waals surface area contributed by atoms with Crippen LogP contribution in [0.25, 0.3) is 0 Å². The van der Waals surface area contributed by atoms with E-state index in [0.717, 1.165) is 24.8 Å². The maximum Gasteiger partial charge on any atom is 0.347 e. The monoisotopic (exact) mass is 293 g/mol. The third-order valence-electron chi connectivity index (χ3n) is 4.14. The van der Waals surface area contributed by atoms with Gasteiger partial charge in [-0.3, -0.25) is 0 Å². The van der Waals surface area contributed by atoms with Gasteiger partial charge in [0, 0.05) is 0 Å². The maximum atomic E-state index is 12.2. The highest BCUT2D eigenvalue weighted by Crippen LogP contribution is 2.44. The van der Waals surface area contributed by atoms with Crippen LogP contribution in [0.3, 0.4) is 0 Å². The van der Waals surface area contributed by atoms with Gasteiger partial charge in [0.05, 0.1) is 11.5 Å². The Hall–Kier alpha value is -2.80. The van der Waals surface area contributed by atoms with E-state index in [4.69, 9.17) is 4.74 Å². The van der Waals surface area contributed by atoms with E-state index in [1.165, 1.54) is 6.07 Å². The summed E-state index contributed by atoms with van der Waals surface area (Å²) >= 11 is 0. The van der Waals surface area contributed by atoms with Crippen molar-refractivity contribution < 1.29 is 14.6 Å². The van der Waals surface area contributed by atoms with Gasteiger partial charge in [0.2, 0.25) is 0 Å². The fourth-order valence-corrected chi connectivity index (χ4v) is 2.64. The number of carbonyl (C=O) groups is 1. The average molecular weight is 293 g/mol. The second-order valence-electron chi connectivity index (χ2n) is 5.48. The molecule has 0 aliphatic heterocycles. The van der Waals surface area contributed by atoms with Crippen molar-refractivity contribution in [3.63, 3.8) is 0 Å². The Bertz CT molecular complexity index is 743. The number of hydrogen-bond donors (Lipinski definition) is 1. The lowest BCUT2D eigenvalue weighted by Gasteiger charge is -2.35. The summed E-state index contributed by atoms with van der Waals surface area (Å²) in [6.07, 6.45) is 2.56. The summed E-state index contributed by atoms with van der Waals surface area (Å²) < 4.78 is 5.25. The molecule has 4 nitrogen and oxygen atoms in total. The molecule has 3 rings (SSSR count). The van der Waals surface area contributed by atoms with Crippen LogP contribution in [0.5, 0.6) is 11.5 Å². The van der Waals surface area contributed by atoms with Crippen LogP contribution >= 0.6 is 0 Å². The van der Waals surface area contributed by atoms with Crippen LogP contribution in [0, 0.1) is 11.3 Å². The van der Waals surface area contributed by atoms with Crippen LogP contribution in [0.2, 0.25) is 0 Å². The number of phenols is 1. The highest BCUT2D eigenvalue weighted by molar-refractivity contribution is 5.94. The van der Waals surface area contributed by atoms with Crippen LogP contribution in [-0.2, 0) is 5.41 Å². The number of ether oxygens (including phenoxy) is 1. The van der Waals surface area contributed by atoms with Crippen molar-refractivity contribution in [3.8, 4) is 17.6 Å². The quantitative estimate of drug-likeness (QED) is 0.694. The molecule has 2 aromatic carbocycles. The largest absolute Gasteiger partial charge is 0.507 e. The maximum absolute atomic E-state index is 12.2. The molecular formula is C18H15NO3. The van der Waals surface area contributed by atoms with Gasteiger partial charge in [-0.05, 0) is 49.1 Å². The first-order valence-corrected chi connectivity index (χ1v) is 7.17. The number of benzene rings is 2. The van der Waals surface area contributed by atoms with E-state index in [1.54, 1.807) is 36.4 Å². The minimum atomic E-state index is -0.627. The van der Waals surface area contributed by atoms with Crippen molar-refractivity contribution in [2.75, 3.05) is 0 Å². The summed E-state index contributed by atoms with van der Waals surface area (Å²) in [5, 5.41) is 19.3. The predicted octanol–water partition coefficient (Wildman–Crippen LogP) is 3.56. The molecule has 0 aromatic heterocycles. The Labute approximate surface area is 128 Å². The number of rotatable bonds is 3. The Morgan fingerprint density at radius 1 is 1.18 bits per heavy atom. The Kier molecular flexibility index (Phi) is 3.56. The molecule has 0 unspecified atom stereocenters. The number of esters is 1. The van der Waals surface area contributed by atoms with Crippen molar-refractivity contribution in [2.45, 2.75) is 24.7 Å². The van der Waals surface area contributed by atoms with Crippen LogP contribution in [0.1, 0.15) is 35.2 Å². The molecule has 0 heterocycles. The van der Waals surface area contributed by atoms with Crippen LogP contribution in [0.4, 0.5) is 0 Å². The van der Waals surface area contributed by atoms with Crippen molar-refractivity contribution in [1.29, 1.82) is 5.26 Å². The molecule has 1 saturated carbocycles. The zero-order valence-electron chi connectivity index (χ0n) is 12.0. The van der Waals surface area contributed by atoms with E-state index in [1.807, 2.05) is 6.07 Å². The molecule has 2 aromatic rings. The molecule has 0 spiro atoms. The second kappa shape index (κ2) is 5.53. The van der Waals surface area contributed by atoms with Gasteiger partial charge < -0.3 is 9.84 Å². The van der Waals surface area contributed by atoms with E-state index in [9.17, 15) is 15.2 Å². The molecule has 0 radical (unpaired) electrons. The SMILES string of the molecule is N#CC1(c2ccc(O)c(C(=O)Oc3ccccc3)c2)CCC1. The van der Waals surface area contributed by atoms with Gasteiger partial charge in [-0.1, -0.05) is 24.3 Å². The summed E-state index contributed by atoms with van der Waals surface area (Å²) in [4.78, 5) is 12.2. The number of nitriles is 1. The predicted molar refractivity (Wildman–Crippen MR) is 80.6 cm³/mol. The molecule has 110 valence electrons. The zero-order chi connectivity index (χ0) is 15.6. The van der Waals surface area contributed by atoms with Gasteiger partial charge in [0.1, 0.15) is 17.1 Å². The standard InChI is InChI=1S/C18H15NO3/c19-12-18(9-4-10-18)13-7-8-16(20)15(11-13)17(21)22-14-5-2-1-3-6-14/h1-3,5-8,11,20H,4,9-10H2. The molecule has 4 heteroatoms. The van der Waals surface area contributed by atoms with E-state index < -0.39 is 11.4 Å². The fourth-order valence-electron chi connectivity index (χ4n) is 2.64. The molecule has 1 N–H and O–H groups in total. The highest BCUT2D eigenvalue weighted by Gasteiger charge is 2.39. The third kappa shape index (κ3) is 2.42. The lowest BCUT2D eigenvalue weighted by Crippen LogP contribution is -2.32. The summed E-state index contributed by atoms with van der Waals surface area (Å²) in [5.41, 5.74) is 0.317. The fraction of sp³-hybridized carbons (Fsp3) is 0.222. The van der Waals surface area contributed by atoms with Gasteiger partial charge in [0.15, 0.2) is 0 Å². The van der Waals surface area contributed by atoms with E-state index >= 15 is 0 Å². The van der Waals surface area contributed by atoms with Crippen molar-refractivity contribution in [2.24, 2.45) is 0 Å². The molecule has 1 fully saturated rings. The van der Waals surface area contributed by atoms with E-state index in [2.05, 4.69) is 6.07 Å². The first-order valence-electron chi connectivity index (χ1n) is 7.17. The molecule has 22 heavy (non-hydrogen) atoms. The number of para-hydroxylation sites is 1. The molecular weight excluding hydrogens is 278 g/mol. The minimum absolute atomic E-state index is 0.0860. The van der Waals surface area contributed by atoms with Crippen LogP contribution < -0.4 is 4.74 Å². The summed E-state index contributed by atoms with van der Waals surface area (Å²) in [6, 6.07) is 15.7. The lowest BCUT2D eigenvalue weighted by atomic mass is 9.65. The molecule has 1 aliphatic rings. The molecule has 0 atom stereocenters. The molecule has 1 aliphatic carbocycles. The topological polar surface area (TPSA) is 70.3 Å². The Balaban J connectivity index is 1.90. The first-order chi connectivity index (χ1) is 10.6. The third-order valence-corrected chi connectivity index (χ3v) is 4.14. The number of carbonyl (C=O) groups excluding carboxylic acids is 1. The van der Waals surface area contributed by atoms with Crippen LogP contribution in [-0.4, -0.2) is 11.1 Å². The number of hydrogen-bond acceptors (Lipinski definition) is 4. The summed E-state index contributed by atoms with van der Waals surface area (Å²) in [5.74, 6) is -0.356. The molecule has 0 bridgehead atoms. The van der Waals surface area contributed by atoms with Gasteiger partial charge in [-0.2, -0.15) is 5.26 Å².